The lowest BCUT2D eigenvalue weighted by molar-refractivity contribution is 0.0786. The largest absolute Gasteiger partial charge is 0.482 e. The molecule has 0 aliphatic heterocycles. The van der Waals surface area contributed by atoms with Crippen LogP contribution in [0.2, 0.25) is 0 Å². The molecule has 0 amide bonds. The summed E-state index contributed by atoms with van der Waals surface area (Å²) in [6.07, 6.45) is -0.0369. The van der Waals surface area contributed by atoms with Crippen molar-refractivity contribution < 1.29 is 13.9 Å². The fraction of sp³-hybridized carbons (Fsp3) is 0.200. The molecule has 0 radical (unpaired) electrons. The van der Waals surface area contributed by atoms with E-state index in [1.807, 2.05) is 38.1 Å². The number of carbonyl (C=O) groups is 1. The molecule has 0 saturated carbocycles. The highest BCUT2D eigenvalue weighted by molar-refractivity contribution is 5.99. The van der Waals surface area contributed by atoms with Crippen LogP contribution in [-0.2, 0) is 0 Å². The van der Waals surface area contributed by atoms with Gasteiger partial charge < -0.3 is 9.15 Å². The zero-order valence-corrected chi connectivity index (χ0v) is 13.6. The number of aryl methyl sites for hydroxylation is 1. The number of benzene rings is 2. The Morgan fingerprint density at radius 1 is 1.12 bits per heavy atom. The summed E-state index contributed by atoms with van der Waals surface area (Å²) in [6.45, 7) is 3.75. The molecule has 3 aromatic rings. The number of Topliss-reactive ketones (excluding diaryl/α,β-unsaturated/α-hetero) is 1. The zero-order chi connectivity index (χ0) is 17.1. The standard InChI is InChI=1S/C20H18O4/c1-3-17(20(22)14-7-5-4-6-8-14)23-15-9-10-16-13(2)11-19(21)24-18(16)12-15/h4-12,17H,3H2,1-2H3/t17-/m0/s1. The molecular formula is C20H18O4. The first-order chi connectivity index (χ1) is 11.6. The minimum absolute atomic E-state index is 0.0658. The molecule has 0 spiro atoms. The van der Waals surface area contributed by atoms with Crippen LogP contribution in [0.3, 0.4) is 0 Å². The van der Waals surface area contributed by atoms with Crippen molar-refractivity contribution in [3.63, 3.8) is 0 Å². The Morgan fingerprint density at radius 3 is 2.58 bits per heavy atom. The fourth-order valence-electron chi connectivity index (χ4n) is 2.65. The predicted molar refractivity (Wildman–Crippen MR) is 92.7 cm³/mol. The summed E-state index contributed by atoms with van der Waals surface area (Å²) in [4.78, 5) is 24.1. The first-order valence-corrected chi connectivity index (χ1v) is 7.89. The third kappa shape index (κ3) is 3.23. The van der Waals surface area contributed by atoms with Crippen LogP contribution in [0.4, 0.5) is 0 Å². The van der Waals surface area contributed by atoms with Crippen molar-refractivity contribution in [1.82, 2.24) is 0 Å². The van der Waals surface area contributed by atoms with Gasteiger partial charge in [-0.15, -0.1) is 0 Å². The lowest BCUT2D eigenvalue weighted by Gasteiger charge is -2.17. The fourth-order valence-corrected chi connectivity index (χ4v) is 2.65. The second kappa shape index (κ2) is 6.71. The number of hydrogen-bond donors (Lipinski definition) is 0. The molecule has 2 aromatic carbocycles. The van der Waals surface area contributed by atoms with Gasteiger partial charge in [-0.3, -0.25) is 4.79 Å². The topological polar surface area (TPSA) is 56.5 Å². The van der Waals surface area contributed by atoms with Gasteiger partial charge in [0.1, 0.15) is 11.3 Å². The van der Waals surface area contributed by atoms with Crippen LogP contribution >= 0.6 is 0 Å². The minimum atomic E-state index is -0.582. The normalized spacial score (nSPS) is 12.1. The molecule has 1 atom stereocenters. The number of carbonyl (C=O) groups excluding carboxylic acids is 1. The van der Waals surface area contributed by atoms with E-state index in [4.69, 9.17) is 9.15 Å². The molecule has 0 N–H and O–H groups in total. The quantitative estimate of drug-likeness (QED) is 0.523. The summed E-state index contributed by atoms with van der Waals surface area (Å²) in [5.74, 6) is 0.441. The van der Waals surface area contributed by atoms with Crippen LogP contribution in [0.15, 0.2) is 63.8 Å². The molecule has 4 nitrogen and oxygen atoms in total. The van der Waals surface area contributed by atoms with Crippen LogP contribution in [0, 0.1) is 6.92 Å². The van der Waals surface area contributed by atoms with E-state index in [1.54, 1.807) is 24.3 Å². The van der Waals surface area contributed by atoms with Gasteiger partial charge in [0.25, 0.3) is 0 Å². The molecule has 0 aliphatic rings. The Labute approximate surface area is 139 Å². The molecular weight excluding hydrogens is 304 g/mol. The van der Waals surface area contributed by atoms with Gasteiger partial charge in [-0.05, 0) is 31.0 Å². The highest BCUT2D eigenvalue weighted by Gasteiger charge is 2.20. The number of fused-ring (bicyclic) bond motifs is 1. The predicted octanol–water partition coefficient (Wildman–Crippen LogP) is 4.14. The van der Waals surface area contributed by atoms with E-state index in [0.717, 1.165) is 10.9 Å². The van der Waals surface area contributed by atoms with Gasteiger partial charge in [-0.1, -0.05) is 37.3 Å². The van der Waals surface area contributed by atoms with Crippen LogP contribution in [0.25, 0.3) is 11.0 Å². The van der Waals surface area contributed by atoms with E-state index in [2.05, 4.69) is 0 Å². The molecule has 24 heavy (non-hydrogen) atoms. The summed E-state index contributed by atoms with van der Waals surface area (Å²) in [5, 5.41) is 0.851. The summed E-state index contributed by atoms with van der Waals surface area (Å²) < 4.78 is 11.1. The smallest absolute Gasteiger partial charge is 0.336 e. The minimum Gasteiger partial charge on any atom is -0.482 e. The molecule has 0 saturated heterocycles. The van der Waals surface area contributed by atoms with Crippen molar-refractivity contribution in [3.05, 3.63) is 76.1 Å². The molecule has 0 fully saturated rings. The highest BCUT2D eigenvalue weighted by atomic mass is 16.5. The number of hydrogen-bond acceptors (Lipinski definition) is 4. The molecule has 4 heteroatoms. The Bertz CT molecular complexity index is 925. The van der Waals surface area contributed by atoms with Crippen LogP contribution in [-0.4, -0.2) is 11.9 Å². The van der Waals surface area contributed by atoms with E-state index < -0.39 is 11.7 Å². The Morgan fingerprint density at radius 2 is 1.88 bits per heavy atom. The van der Waals surface area contributed by atoms with Gasteiger partial charge in [-0.25, -0.2) is 4.79 Å². The second-order valence-electron chi connectivity index (χ2n) is 5.65. The summed E-state index contributed by atoms with van der Waals surface area (Å²) in [6, 6.07) is 15.8. The van der Waals surface area contributed by atoms with E-state index >= 15 is 0 Å². The van der Waals surface area contributed by atoms with Gasteiger partial charge in [0.15, 0.2) is 6.10 Å². The molecule has 122 valence electrons. The summed E-state index contributed by atoms with van der Waals surface area (Å²) in [7, 11) is 0. The van der Waals surface area contributed by atoms with Crippen molar-refractivity contribution in [3.8, 4) is 5.75 Å². The van der Waals surface area contributed by atoms with Crippen molar-refractivity contribution in [2.45, 2.75) is 26.4 Å². The van der Waals surface area contributed by atoms with Crippen LogP contribution in [0.5, 0.6) is 5.75 Å². The molecule has 1 heterocycles. The molecule has 0 bridgehead atoms. The van der Waals surface area contributed by atoms with Gasteiger partial charge in [0.05, 0.1) is 0 Å². The van der Waals surface area contributed by atoms with Crippen LogP contribution in [0.1, 0.15) is 29.3 Å². The highest BCUT2D eigenvalue weighted by Crippen LogP contribution is 2.24. The van der Waals surface area contributed by atoms with Gasteiger partial charge in [0.2, 0.25) is 5.78 Å². The van der Waals surface area contributed by atoms with Crippen molar-refractivity contribution in [2.24, 2.45) is 0 Å². The van der Waals surface area contributed by atoms with E-state index in [-0.39, 0.29) is 5.78 Å². The van der Waals surface area contributed by atoms with Crippen molar-refractivity contribution in [2.75, 3.05) is 0 Å². The van der Waals surface area contributed by atoms with Crippen molar-refractivity contribution in [1.29, 1.82) is 0 Å². The monoisotopic (exact) mass is 322 g/mol. The average Bonchev–Trinajstić information content (AvgIpc) is 2.59. The summed E-state index contributed by atoms with van der Waals surface area (Å²) >= 11 is 0. The first kappa shape index (κ1) is 16.0. The maximum atomic E-state index is 12.6. The SMILES string of the molecule is CC[C@H](Oc1ccc2c(C)cc(=O)oc2c1)C(=O)c1ccccc1. The second-order valence-corrected chi connectivity index (χ2v) is 5.65. The maximum Gasteiger partial charge on any atom is 0.336 e. The van der Waals surface area contributed by atoms with Gasteiger partial charge in [0, 0.05) is 23.1 Å². The maximum absolute atomic E-state index is 12.6. The molecule has 0 unspecified atom stereocenters. The average molecular weight is 322 g/mol. The lowest BCUT2D eigenvalue weighted by Crippen LogP contribution is -2.26. The first-order valence-electron chi connectivity index (χ1n) is 7.89. The number of ether oxygens (including phenoxy) is 1. The van der Waals surface area contributed by atoms with Gasteiger partial charge >= 0.3 is 5.63 Å². The Balaban J connectivity index is 1.90. The molecule has 0 aliphatic carbocycles. The Hall–Kier alpha value is -2.88. The Kier molecular flexibility index (Phi) is 4.47. The van der Waals surface area contributed by atoms with E-state index in [9.17, 15) is 9.59 Å². The van der Waals surface area contributed by atoms with Gasteiger partial charge in [-0.2, -0.15) is 0 Å². The van der Waals surface area contributed by atoms with Crippen LogP contribution < -0.4 is 10.4 Å². The van der Waals surface area contributed by atoms with E-state index in [0.29, 0.717) is 23.3 Å². The van der Waals surface area contributed by atoms with E-state index in [1.165, 1.54) is 6.07 Å². The number of rotatable bonds is 5. The lowest BCUT2D eigenvalue weighted by atomic mass is 10.0. The zero-order valence-electron chi connectivity index (χ0n) is 13.6. The van der Waals surface area contributed by atoms with Crippen molar-refractivity contribution >= 4 is 16.8 Å². The summed E-state index contributed by atoms with van der Waals surface area (Å²) in [5.41, 5.74) is 1.52. The third-order valence-electron chi connectivity index (χ3n) is 3.92. The molecule has 1 aromatic heterocycles. The molecule has 3 rings (SSSR count). The number of ketones is 1. The third-order valence-corrected chi connectivity index (χ3v) is 3.92.